The van der Waals surface area contributed by atoms with Crippen LogP contribution in [0.25, 0.3) is 0 Å². The molecule has 2 aromatic rings. The third-order valence-electron chi connectivity index (χ3n) is 3.51. The molecule has 0 radical (unpaired) electrons. The molecular formula is C17H24ClN5. The van der Waals surface area contributed by atoms with Crippen LogP contribution in [0.3, 0.4) is 0 Å². The minimum atomic E-state index is 0.614. The Bertz CT molecular complexity index is 618. The van der Waals surface area contributed by atoms with Crippen molar-refractivity contribution in [1.29, 1.82) is 0 Å². The zero-order valence-corrected chi connectivity index (χ0v) is 14.5. The van der Waals surface area contributed by atoms with E-state index in [1.54, 1.807) is 6.20 Å². The second-order valence-corrected chi connectivity index (χ2v) is 5.73. The SMILES string of the molecule is CCNC(=NCc1ccnn1C)NCCCc1ccc(Cl)cc1. The fraction of sp³-hybridized carbons (Fsp3) is 0.412. The van der Waals surface area contributed by atoms with Gasteiger partial charge in [-0.3, -0.25) is 4.68 Å². The standard InChI is InChI=1S/C17H24ClN5/c1-3-19-17(21-13-16-10-12-22-23(16)2)20-11-4-5-14-6-8-15(18)9-7-14/h6-10,12H,3-5,11,13H2,1-2H3,(H2,19,20,21). The average molecular weight is 334 g/mol. The van der Waals surface area contributed by atoms with Crippen LogP contribution in [-0.4, -0.2) is 28.8 Å². The van der Waals surface area contributed by atoms with Gasteiger partial charge in [-0.15, -0.1) is 0 Å². The van der Waals surface area contributed by atoms with Crippen LogP contribution < -0.4 is 10.6 Å². The number of nitrogens with zero attached hydrogens (tertiary/aromatic N) is 3. The lowest BCUT2D eigenvalue weighted by molar-refractivity contribution is 0.703. The molecule has 6 heteroatoms. The number of benzene rings is 1. The van der Waals surface area contributed by atoms with Crippen molar-refractivity contribution < 1.29 is 0 Å². The normalized spacial score (nSPS) is 11.5. The summed E-state index contributed by atoms with van der Waals surface area (Å²) >= 11 is 5.89. The van der Waals surface area contributed by atoms with Crippen molar-refractivity contribution in [2.45, 2.75) is 26.3 Å². The molecule has 0 aliphatic heterocycles. The van der Waals surface area contributed by atoms with Gasteiger partial charge in [-0.05, 0) is 43.5 Å². The van der Waals surface area contributed by atoms with Crippen LogP contribution in [0.4, 0.5) is 0 Å². The van der Waals surface area contributed by atoms with Gasteiger partial charge < -0.3 is 10.6 Å². The van der Waals surface area contributed by atoms with E-state index in [1.807, 2.05) is 29.9 Å². The molecule has 5 nitrogen and oxygen atoms in total. The number of halogens is 1. The predicted molar refractivity (Wildman–Crippen MR) is 95.8 cm³/mol. The predicted octanol–water partition coefficient (Wildman–Crippen LogP) is 2.76. The Labute approximate surface area is 142 Å². The van der Waals surface area contributed by atoms with Crippen LogP contribution in [0, 0.1) is 0 Å². The highest BCUT2D eigenvalue weighted by molar-refractivity contribution is 6.30. The van der Waals surface area contributed by atoms with Crippen LogP contribution in [-0.2, 0) is 20.0 Å². The van der Waals surface area contributed by atoms with Gasteiger partial charge in [0.1, 0.15) is 0 Å². The number of aryl methyl sites for hydroxylation is 2. The lowest BCUT2D eigenvalue weighted by Gasteiger charge is -2.11. The van der Waals surface area contributed by atoms with Crippen molar-refractivity contribution in [2.24, 2.45) is 12.0 Å². The van der Waals surface area contributed by atoms with E-state index in [1.165, 1.54) is 5.56 Å². The van der Waals surface area contributed by atoms with Gasteiger partial charge in [0.2, 0.25) is 0 Å². The summed E-state index contributed by atoms with van der Waals surface area (Å²) in [6.45, 7) is 4.40. The molecule has 1 aromatic heterocycles. The molecular weight excluding hydrogens is 310 g/mol. The van der Waals surface area contributed by atoms with Gasteiger partial charge in [-0.2, -0.15) is 5.10 Å². The summed E-state index contributed by atoms with van der Waals surface area (Å²) in [5.41, 5.74) is 2.39. The maximum absolute atomic E-state index is 5.89. The van der Waals surface area contributed by atoms with Crippen LogP contribution in [0.1, 0.15) is 24.6 Å². The maximum atomic E-state index is 5.89. The number of guanidine groups is 1. The van der Waals surface area contributed by atoms with Crippen LogP contribution in [0.5, 0.6) is 0 Å². The quantitative estimate of drug-likeness (QED) is 0.465. The van der Waals surface area contributed by atoms with Crippen molar-refractivity contribution >= 4 is 17.6 Å². The summed E-state index contributed by atoms with van der Waals surface area (Å²) in [5.74, 6) is 0.838. The van der Waals surface area contributed by atoms with E-state index in [-0.39, 0.29) is 0 Å². The summed E-state index contributed by atoms with van der Waals surface area (Å²) in [6.07, 6.45) is 3.85. The molecule has 1 heterocycles. The van der Waals surface area contributed by atoms with E-state index >= 15 is 0 Å². The lowest BCUT2D eigenvalue weighted by atomic mass is 10.1. The van der Waals surface area contributed by atoms with Crippen LogP contribution >= 0.6 is 11.6 Å². The Kier molecular flexibility index (Phi) is 6.94. The molecule has 0 amide bonds. The van der Waals surface area contributed by atoms with E-state index in [0.29, 0.717) is 6.54 Å². The number of hydrogen-bond acceptors (Lipinski definition) is 2. The van der Waals surface area contributed by atoms with Gasteiger partial charge in [0.25, 0.3) is 0 Å². The van der Waals surface area contributed by atoms with Gasteiger partial charge in [-0.1, -0.05) is 23.7 Å². The summed E-state index contributed by atoms with van der Waals surface area (Å²) < 4.78 is 1.84. The molecule has 0 bridgehead atoms. The fourth-order valence-corrected chi connectivity index (χ4v) is 2.33. The van der Waals surface area contributed by atoms with Gasteiger partial charge in [-0.25, -0.2) is 4.99 Å². The Balaban J connectivity index is 1.77. The van der Waals surface area contributed by atoms with Crippen molar-refractivity contribution in [3.05, 3.63) is 52.8 Å². The highest BCUT2D eigenvalue weighted by atomic mass is 35.5. The van der Waals surface area contributed by atoms with Crippen molar-refractivity contribution in [2.75, 3.05) is 13.1 Å². The third-order valence-corrected chi connectivity index (χ3v) is 3.77. The van der Waals surface area contributed by atoms with Gasteiger partial charge >= 0.3 is 0 Å². The second kappa shape index (κ2) is 9.20. The summed E-state index contributed by atoms with van der Waals surface area (Å²) in [4.78, 5) is 4.59. The smallest absolute Gasteiger partial charge is 0.191 e. The second-order valence-electron chi connectivity index (χ2n) is 5.30. The summed E-state index contributed by atoms with van der Waals surface area (Å²) in [7, 11) is 1.93. The molecule has 0 aliphatic rings. The van der Waals surface area contributed by atoms with Gasteiger partial charge in [0.15, 0.2) is 5.96 Å². The Morgan fingerprint density at radius 3 is 2.65 bits per heavy atom. The number of nitrogens with one attached hydrogen (secondary N) is 2. The zero-order valence-electron chi connectivity index (χ0n) is 13.7. The van der Waals surface area contributed by atoms with Gasteiger partial charge in [0.05, 0.1) is 12.2 Å². The van der Waals surface area contributed by atoms with Crippen molar-refractivity contribution in [3.63, 3.8) is 0 Å². The molecule has 0 fully saturated rings. The van der Waals surface area contributed by atoms with E-state index in [2.05, 4.69) is 39.8 Å². The number of hydrogen-bond donors (Lipinski definition) is 2. The third kappa shape index (κ3) is 5.94. The van der Waals surface area contributed by atoms with E-state index in [4.69, 9.17) is 11.6 Å². The Morgan fingerprint density at radius 1 is 1.22 bits per heavy atom. The minimum absolute atomic E-state index is 0.614. The molecule has 23 heavy (non-hydrogen) atoms. The molecule has 2 N–H and O–H groups in total. The summed E-state index contributed by atoms with van der Waals surface area (Å²) in [5, 5.41) is 11.6. The topological polar surface area (TPSA) is 54.2 Å². The molecule has 0 saturated heterocycles. The Morgan fingerprint density at radius 2 is 2.00 bits per heavy atom. The largest absolute Gasteiger partial charge is 0.357 e. The Hall–Kier alpha value is -2.01. The molecule has 124 valence electrons. The minimum Gasteiger partial charge on any atom is -0.357 e. The van der Waals surface area contributed by atoms with Gasteiger partial charge in [0, 0.05) is 31.4 Å². The maximum Gasteiger partial charge on any atom is 0.191 e. The van der Waals surface area contributed by atoms with E-state index in [0.717, 1.165) is 42.6 Å². The van der Waals surface area contributed by atoms with Crippen molar-refractivity contribution in [1.82, 2.24) is 20.4 Å². The molecule has 1 aromatic carbocycles. The highest BCUT2D eigenvalue weighted by Crippen LogP contribution is 2.10. The van der Waals surface area contributed by atoms with Crippen molar-refractivity contribution in [3.8, 4) is 0 Å². The molecule has 0 saturated carbocycles. The molecule has 2 rings (SSSR count). The molecule has 0 spiro atoms. The number of aliphatic imine (C=N–C) groups is 1. The molecule has 0 aliphatic carbocycles. The molecule has 0 atom stereocenters. The first-order valence-electron chi connectivity index (χ1n) is 7.92. The number of aromatic nitrogens is 2. The first-order valence-corrected chi connectivity index (χ1v) is 8.30. The first-order chi connectivity index (χ1) is 11.2. The highest BCUT2D eigenvalue weighted by Gasteiger charge is 2.00. The molecule has 0 unspecified atom stereocenters. The van der Waals surface area contributed by atoms with E-state index < -0.39 is 0 Å². The number of rotatable bonds is 7. The lowest BCUT2D eigenvalue weighted by Crippen LogP contribution is -2.37. The first kappa shape index (κ1) is 17.3. The van der Waals surface area contributed by atoms with E-state index in [9.17, 15) is 0 Å². The van der Waals surface area contributed by atoms with Crippen LogP contribution in [0.15, 0.2) is 41.5 Å². The summed E-state index contributed by atoms with van der Waals surface area (Å²) in [6, 6.07) is 10.00. The average Bonchev–Trinajstić information content (AvgIpc) is 2.96. The zero-order chi connectivity index (χ0) is 16.5. The monoisotopic (exact) mass is 333 g/mol. The fourth-order valence-electron chi connectivity index (χ4n) is 2.21. The van der Waals surface area contributed by atoms with Crippen LogP contribution in [0.2, 0.25) is 5.02 Å².